The molecule has 0 atom stereocenters. The summed E-state index contributed by atoms with van der Waals surface area (Å²) in [5, 5.41) is 1.30. The van der Waals surface area contributed by atoms with Crippen molar-refractivity contribution in [1.82, 2.24) is 24.9 Å². The summed E-state index contributed by atoms with van der Waals surface area (Å²) in [7, 11) is 1.57. The standard InChI is InChI=1S/C16H13N5O2S/c1-23-13-7-6-11-14(20-13)21-16(18-11)24-8-12-17-10-5-3-2-4-9(10)15(22)19-12/h2-7H,8H2,1H3,(H,17,19,22)(H,18,20,21). The predicted molar refractivity (Wildman–Crippen MR) is 92.4 cm³/mol. The first-order chi connectivity index (χ1) is 11.7. The second kappa shape index (κ2) is 5.97. The smallest absolute Gasteiger partial charge is 0.258 e. The van der Waals surface area contributed by atoms with E-state index in [0.717, 1.165) is 5.52 Å². The Kier molecular flexibility index (Phi) is 3.66. The third-order valence-electron chi connectivity index (χ3n) is 3.52. The molecule has 1 aromatic carbocycles. The number of fused-ring (bicyclic) bond motifs is 2. The van der Waals surface area contributed by atoms with Gasteiger partial charge in [0, 0.05) is 6.07 Å². The number of methoxy groups -OCH3 is 1. The van der Waals surface area contributed by atoms with Gasteiger partial charge in [0.25, 0.3) is 5.56 Å². The topological polar surface area (TPSA) is 96.5 Å². The van der Waals surface area contributed by atoms with Crippen molar-refractivity contribution in [3.63, 3.8) is 0 Å². The molecule has 3 heterocycles. The number of aromatic amines is 2. The van der Waals surface area contributed by atoms with Crippen LogP contribution in [-0.2, 0) is 5.75 Å². The largest absolute Gasteiger partial charge is 0.481 e. The van der Waals surface area contributed by atoms with E-state index in [1.807, 2.05) is 24.3 Å². The highest BCUT2D eigenvalue weighted by molar-refractivity contribution is 7.98. The summed E-state index contributed by atoms with van der Waals surface area (Å²) in [5.74, 6) is 1.62. The van der Waals surface area contributed by atoms with Crippen molar-refractivity contribution >= 4 is 33.8 Å². The van der Waals surface area contributed by atoms with Crippen LogP contribution in [0.15, 0.2) is 46.3 Å². The summed E-state index contributed by atoms with van der Waals surface area (Å²) < 4.78 is 5.09. The minimum atomic E-state index is -0.132. The molecule has 2 N–H and O–H groups in total. The Labute approximate surface area is 140 Å². The van der Waals surface area contributed by atoms with Crippen LogP contribution in [0.2, 0.25) is 0 Å². The molecule has 0 amide bonds. The summed E-state index contributed by atoms with van der Waals surface area (Å²) >= 11 is 1.45. The fourth-order valence-corrected chi connectivity index (χ4v) is 3.12. The van der Waals surface area contributed by atoms with Crippen LogP contribution in [0.1, 0.15) is 5.82 Å². The van der Waals surface area contributed by atoms with Crippen molar-refractivity contribution < 1.29 is 4.74 Å². The second-order valence-corrected chi connectivity index (χ2v) is 6.05. The SMILES string of the molecule is COc1ccc2[nH]c(SCc3nc4ccccc4c(=O)[nH]3)nc2n1. The van der Waals surface area contributed by atoms with E-state index in [9.17, 15) is 4.79 Å². The Balaban J connectivity index is 1.59. The van der Waals surface area contributed by atoms with E-state index in [-0.39, 0.29) is 5.56 Å². The van der Waals surface area contributed by atoms with Gasteiger partial charge in [-0.1, -0.05) is 23.9 Å². The van der Waals surface area contributed by atoms with Crippen LogP contribution < -0.4 is 10.3 Å². The molecule has 0 aliphatic heterocycles. The maximum Gasteiger partial charge on any atom is 0.258 e. The third-order valence-corrected chi connectivity index (χ3v) is 4.40. The van der Waals surface area contributed by atoms with E-state index in [1.54, 1.807) is 19.2 Å². The lowest BCUT2D eigenvalue weighted by Crippen LogP contribution is -2.11. The molecule has 0 spiro atoms. The predicted octanol–water partition coefficient (Wildman–Crippen LogP) is 2.50. The van der Waals surface area contributed by atoms with Crippen LogP contribution in [0.4, 0.5) is 0 Å². The fraction of sp³-hybridized carbons (Fsp3) is 0.125. The van der Waals surface area contributed by atoms with Gasteiger partial charge in [-0.2, -0.15) is 4.98 Å². The van der Waals surface area contributed by atoms with Gasteiger partial charge in [-0.25, -0.2) is 9.97 Å². The molecule has 0 aliphatic carbocycles. The summed E-state index contributed by atoms with van der Waals surface area (Å²) in [4.78, 5) is 31.2. The number of H-pyrrole nitrogens is 2. The molecule has 8 heteroatoms. The molecule has 3 aromatic heterocycles. The molecule has 4 rings (SSSR count). The highest BCUT2D eigenvalue weighted by atomic mass is 32.2. The Morgan fingerprint density at radius 3 is 2.83 bits per heavy atom. The van der Waals surface area contributed by atoms with Crippen LogP contribution in [-0.4, -0.2) is 32.0 Å². The number of hydrogen-bond acceptors (Lipinski definition) is 6. The van der Waals surface area contributed by atoms with Gasteiger partial charge < -0.3 is 14.7 Å². The van der Waals surface area contributed by atoms with Gasteiger partial charge in [-0.15, -0.1) is 0 Å². The van der Waals surface area contributed by atoms with E-state index in [1.165, 1.54) is 11.8 Å². The van der Waals surface area contributed by atoms with Gasteiger partial charge in [0.2, 0.25) is 5.88 Å². The van der Waals surface area contributed by atoms with E-state index >= 15 is 0 Å². The number of hydrogen-bond donors (Lipinski definition) is 2. The van der Waals surface area contributed by atoms with E-state index in [2.05, 4.69) is 24.9 Å². The van der Waals surface area contributed by atoms with Crippen molar-refractivity contribution in [2.24, 2.45) is 0 Å². The Bertz CT molecular complexity index is 1090. The molecule has 0 radical (unpaired) electrons. The molecule has 0 fully saturated rings. The van der Waals surface area contributed by atoms with Crippen LogP contribution >= 0.6 is 11.8 Å². The zero-order chi connectivity index (χ0) is 16.5. The van der Waals surface area contributed by atoms with Crippen LogP contribution in [0.3, 0.4) is 0 Å². The van der Waals surface area contributed by atoms with E-state index in [0.29, 0.717) is 39.2 Å². The Morgan fingerprint density at radius 2 is 1.96 bits per heavy atom. The number of ether oxygens (including phenoxy) is 1. The zero-order valence-corrected chi connectivity index (χ0v) is 13.6. The highest BCUT2D eigenvalue weighted by Gasteiger charge is 2.08. The van der Waals surface area contributed by atoms with Gasteiger partial charge in [-0.05, 0) is 18.2 Å². The lowest BCUT2D eigenvalue weighted by Gasteiger charge is -2.01. The average molecular weight is 339 g/mol. The molecular formula is C16H13N5O2S. The van der Waals surface area contributed by atoms with E-state index in [4.69, 9.17) is 4.74 Å². The lowest BCUT2D eigenvalue weighted by molar-refractivity contribution is 0.399. The molecule has 0 saturated heterocycles. The fourth-order valence-electron chi connectivity index (χ4n) is 2.38. The molecular weight excluding hydrogens is 326 g/mol. The van der Waals surface area contributed by atoms with Crippen molar-refractivity contribution in [2.45, 2.75) is 10.9 Å². The second-order valence-electron chi connectivity index (χ2n) is 5.09. The van der Waals surface area contributed by atoms with Crippen LogP contribution in [0.25, 0.3) is 22.1 Å². The minimum Gasteiger partial charge on any atom is -0.481 e. The first-order valence-electron chi connectivity index (χ1n) is 7.24. The maximum absolute atomic E-state index is 12.1. The average Bonchev–Trinajstić information content (AvgIpc) is 3.02. The van der Waals surface area contributed by atoms with Crippen LogP contribution in [0.5, 0.6) is 5.88 Å². The number of aromatic nitrogens is 5. The first-order valence-corrected chi connectivity index (χ1v) is 8.23. The Hall–Kier alpha value is -2.87. The number of pyridine rings is 1. The molecule has 120 valence electrons. The van der Waals surface area contributed by atoms with Gasteiger partial charge in [0.15, 0.2) is 10.8 Å². The normalized spacial score (nSPS) is 11.2. The number of para-hydroxylation sites is 1. The number of nitrogens with zero attached hydrogens (tertiary/aromatic N) is 3. The third kappa shape index (κ3) is 2.71. The lowest BCUT2D eigenvalue weighted by atomic mass is 10.2. The Morgan fingerprint density at radius 1 is 1.08 bits per heavy atom. The number of nitrogens with one attached hydrogen (secondary N) is 2. The number of thioether (sulfide) groups is 1. The highest BCUT2D eigenvalue weighted by Crippen LogP contribution is 2.22. The molecule has 0 bridgehead atoms. The monoisotopic (exact) mass is 339 g/mol. The van der Waals surface area contributed by atoms with Gasteiger partial charge >= 0.3 is 0 Å². The molecule has 0 unspecified atom stereocenters. The molecule has 4 aromatic rings. The maximum atomic E-state index is 12.1. The van der Waals surface area contributed by atoms with Crippen molar-refractivity contribution in [1.29, 1.82) is 0 Å². The van der Waals surface area contributed by atoms with Crippen molar-refractivity contribution in [3.8, 4) is 5.88 Å². The van der Waals surface area contributed by atoms with Gasteiger partial charge in [-0.3, -0.25) is 4.79 Å². The quantitative estimate of drug-likeness (QED) is 0.555. The molecule has 0 aliphatic rings. The van der Waals surface area contributed by atoms with Gasteiger partial charge in [0.05, 0.1) is 29.3 Å². The molecule has 0 saturated carbocycles. The summed E-state index contributed by atoms with van der Waals surface area (Å²) in [6.07, 6.45) is 0. The summed E-state index contributed by atoms with van der Waals surface area (Å²) in [5.41, 5.74) is 1.98. The summed E-state index contributed by atoms with van der Waals surface area (Å²) in [6.45, 7) is 0. The van der Waals surface area contributed by atoms with Gasteiger partial charge in [0.1, 0.15) is 5.82 Å². The van der Waals surface area contributed by atoms with E-state index < -0.39 is 0 Å². The summed E-state index contributed by atoms with van der Waals surface area (Å²) in [6, 6.07) is 10.9. The number of imidazole rings is 1. The number of rotatable bonds is 4. The molecule has 24 heavy (non-hydrogen) atoms. The van der Waals surface area contributed by atoms with Crippen molar-refractivity contribution in [2.75, 3.05) is 7.11 Å². The number of benzene rings is 1. The zero-order valence-electron chi connectivity index (χ0n) is 12.7. The van der Waals surface area contributed by atoms with Crippen molar-refractivity contribution in [3.05, 3.63) is 52.6 Å². The first kappa shape index (κ1) is 14.7. The minimum absolute atomic E-state index is 0.132. The van der Waals surface area contributed by atoms with Crippen LogP contribution in [0, 0.1) is 0 Å². The molecule has 7 nitrogen and oxygen atoms in total.